The van der Waals surface area contributed by atoms with Crippen molar-refractivity contribution in [3.63, 3.8) is 0 Å². The van der Waals surface area contributed by atoms with Crippen molar-refractivity contribution in [2.45, 2.75) is 32.9 Å². The van der Waals surface area contributed by atoms with E-state index in [4.69, 9.17) is 21.3 Å². The molecule has 5 nitrogen and oxygen atoms in total. The van der Waals surface area contributed by atoms with Crippen molar-refractivity contribution < 1.29 is 9.53 Å². The van der Waals surface area contributed by atoms with Gasteiger partial charge in [0, 0.05) is 10.9 Å². The second-order valence-corrected chi connectivity index (χ2v) is 7.33. The number of hydrogen-bond acceptors (Lipinski definition) is 3. The van der Waals surface area contributed by atoms with E-state index in [0.29, 0.717) is 19.7 Å². The molecule has 0 bridgehead atoms. The smallest absolute Gasteiger partial charge is 0.223 e. The summed E-state index contributed by atoms with van der Waals surface area (Å²) in [7, 11) is 0. The van der Waals surface area contributed by atoms with E-state index in [9.17, 15) is 4.79 Å². The number of para-hydroxylation sites is 2. The minimum absolute atomic E-state index is 0.126. The van der Waals surface area contributed by atoms with Gasteiger partial charge in [-0.05, 0) is 55.7 Å². The number of amides is 1. The van der Waals surface area contributed by atoms with Crippen LogP contribution in [0.25, 0.3) is 11.0 Å². The normalized spacial score (nSPS) is 13.7. The Labute approximate surface area is 163 Å². The largest absolute Gasteiger partial charge is 0.492 e. The molecule has 4 rings (SSSR count). The van der Waals surface area contributed by atoms with Gasteiger partial charge < -0.3 is 14.6 Å². The zero-order valence-electron chi connectivity index (χ0n) is 15.2. The van der Waals surface area contributed by atoms with Crippen LogP contribution in [-0.2, 0) is 17.9 Å². The average Bonchev–Trinajstić information content (AvgIpc) is 3.46. The average molecular weight is 384 g/mol. The number of carbonyl (C=O) groups excluding carboxylic acids is 1. The Kier molecular flexibility index (Phi) is 5.03. The Morgan fingerprint density at radius 2 is 2.11 bits per heavy atom. The number of aromatic nitrogens is 2. The van der Waals surface area contributed by atoms with Gasteiger partial charge >= 0.3 is 0 Å². The first-order chi connectivity index (χ1) is 13.1. The number of hydrogen-bond donors (Lipinski definition) is 1. The second-order valence-electron chi connectivity index (χ2n) is 6.92. The van der Waals surface area contributed by atoms with E-state index >= 15 is 0 Å². The fourth-order valence-corrected chi connectivity index (χ4v) is 3.25. The molecule has 0 unspecified atom stereocenters. The van der Waals surface area contributed by atoms with Gasteiger partial charge in [0.1, 0.15) is 18.2 Å². The van der Waals surface area contributed by atoms with E-state index < -0.39 is 0 Å². The van der Waals surface area contributed by atoms with Gasteiger partial charge in [0.15, 0.2) is 0 Å². The monoisotopic (exact) mass is 383 g/mol. The molecule has 1 aromatic heterocycles. The van der Waals surface area contributed by atoms with Crippen LogP contribution >= 0.6 is 11.6 Å². The van der Waals surface area contributed by atoms with E-state index in [1.54, 1.807) is 0 Å². The van der Waals surface area contributed by atoms with Gasteiger partial charge in [-0.1, -0.05) is 23.7 Å². The third kappa shape index (κ3) is 4.08. The number of imidazole rings is 1. The molecular formula is C21H22ClN3O2. The maximum Gasteiger partial charge on any atom is 0.223 e. The summed E-state index contributed by atoms with van der Waals surface area (Å²) in [6, 6.07) is 13.7. The molecule has 1 saturated carbocycles. The Morgan fingerprint density at radius 1 is 1.30 bits per heavy atom. The van der Waals surface area contributed by atoms with Gasteiger partial charge in [-0.15, -0.1) is 0 Å². The predicted octanol–water partition coefficient (Wildman–Crippen LogP) is 4.10. The topological polar surface area (TPSA) is 56.1 Å². The molecule has 1 heterocycles. The fraction of sp³-hybridized carbons (Fsp3) is 0.333. The van der Waals surface area contributed by atoms with Crippen LogP contribution in [-0.4, -0.2) is 22.1 Å². The summed E-state index contributed by atoms with van der Waals surface area (Å²) in [6.07, 6.45) is 1.99. The van der Waals surface area contributed by atoms with Gasteiger partial charge in [0.05, 0.1) is 24.1 Å². The molecule has 140 valence electrons. The van der Waals surface area contributed by atoms with Crippen molar-refractivity contribution in [1.82, 2.24) is 14.9 Å². The minimum atomic E-state index is 0.126. The molecule has 0 atom stereocenters. The van der Waals surface area contributed by atoms with Crippen molar-refractivity contribution in [2.75, 3.05) is 6.61 Å². The number of aryl methyl sites for hydroxylation is 1. The highest BCUT2D eigenvalue weighted by Crippen LogP contribution is 2.29. The van der Waals surface area contributed by atoms with Crippen LogP contribution in [0.5, 0.6) is 5.75 Å². The summed E-state index contributed by atoms with van der Waals surface area (Å²) >= 11 is 6.07. The lowest BCUT2D eigenvalue weighted by molar-refractivity contribution is -0.122. The number of benzene rings is 2. The van der Waals surface area contributed by atoms with Crippen LogP contribution in [0, 0.1) is 12.8 Å². The summed E-state index contributed by atoms with van der Waals surface area (Å²) in [5, 5.41) is 3.74. The third-order valence-electron chi connectivity index (χ3n) is 4.82. The van der Waals surface area contributed by atoms with Gasteiger partial charge in [0.2, 0.25) is 5.91 Å². The number of nitrogens with zero attached hydrogens (tertiary/aromatic N) is 2. The molecule has 2 aromatic carbocycles. The first-order valence-electron chi connectivity index (χ1n) is 9.22. The molecule has 0 aliphatic heterocycles. The molecule has 1 fully saturated rings. The molecule has 1 N–H and O–H groups in total. The van der Waals surface area contributed by atoms with Crippen molar-refractivity contribution in [3.8, 4) is 5.75 Å². The highest BCUT2D eigenvalue weighted by molar-refractivity contribution is 6.31. The Balaban J connectivity index is 1.47. The van der Waals surface area contributed by atoms with Crippen LogP contribution in [0.4, 0.5) is 0 Å². The van der Waals surface area contributed by atoms with Gasteiger partial charge in [-0.2, -0.15) is 0 Å². The van der Waals surface area contributed by atoms with E-state index in [2.05, 4.69) is 9.88 Å². The lowest BCUT2D eigenvalue weighted by Gasteiger charge is -2.12. The van der Waals surface area contributed by atoms with Crippen LogP contribution < -0.4 is 10.1 Å². The number of nitrogens with one attached hydrogen (secondary N) is 1. The maximum atomic E-state index is 12.0. The zero-order valence-corrected chi connectivity index (χ0v) is 16.0. The SMILES string of the molecule is Cc1cc(OCCn2c(CNC(=O)C3CC3)nc3ccccc32)ccc1Cl. The second kappa shape index (κ2) is 7.61. The van der Waals surface area contributed by atoms with E-state index in [1.165, 1.54) is 0 Å². The summed E-state index contributed by atoms with van der Waals surface area (Å²) in [6.45, 7) is 3.55. The zero-order chi connectivity index (χ0) is 18.8. The maximum absolute atomic E-state index is 12.0. The quantitative estimate of drug-likeness (QED) is 0.668. The fourth-order valence-electron chi connectivity index (χ4n) is 3.13. The lowest BCUT2D eigenvalue weighted by atomic mass is 10.2. The molecular weight excluding hydrogens is 362 g/mol. The predicted molar refractivity (Wildman–Crippen MR) is 106 cm³/mol. The van der Waals surface area contributed by atoms with E-state index in [1.807, 2.05) is 49.4 Å². The van der Waals surface area contributed by atoms with Gasteiger partial charge in [0.25, 0.3) is 0 Å². The van der Waals surface area contributed by atoms with Crippen molar-refractivity contribution >= 4 is 28.5 Å². The Morgan fingerprint density at radius 3 is 2.89 bits per heavy atom. The highest BCUT2D eigenvalue weighted by Gasteiger charge is 2.29. The van der Waals surface area contributed by atoms with Crippen molar-refractivity contribution in [2.24, 2.45) is 5.92 Å². The number of halogens is 1. The molecule has 1 amide bonds. The minimum Gasteiger partial charge on any atom is -0.492 e. The number of rotatable bonds is 7. The molecule has 1 aliphatic rings. The molecule has 6 heteroatoms. The summed E-state index contributed by atoms with van der Waals surface area (Å²) in [4.78, 5) is 16.7. The molecule has 0 radical (unpaired) electrons. The number of ether oxygens (including phenoxy) is 1. The standard InChI is InChI=1S/C21H22ClN3O2/c1-14-12-16(8-9-17(14)22)27-11-10-25-19-5-3-2-4-18(19)24-20(25)13-23-21(26)15-6-7-15/h2-5,8-9,12,15H,6-7,10-11,13H2,1H3,(H,23,26). The lowest BCUT2D eigenvalue weighted by Crippen LogP contribution is -2.26. The van der Waals surface area contributed by atoms with Crippen LogP contribution in [0.15, 0.2) is 42.5 Å². The number of carbonyl (C=O) groups is 1. The first-order valence-corrected chi connectivity index (χ1v) is 9.60. The van der Waals surface area contributed by atoms with Crippen molar-refractivity contribution in [1.29, 1.82) is 0 Å². The summed E-state index contributed by atoms with van der Waals surface area (Å²) in [5.74, 6) is 1.96. The summed E-state index contributed by atoms with van der Waals surface area (Å²) in [5.41, 5.74) is 2.96. The van der Waals surface area contributed by atoms with Gasteiger partial charge in [-0.3, -0.25) is 4.79 Å². The molecule has 0 spiro atoms. The van der Waals surface area contributed by atoms with Gasteiger partial charge in [-0.25, -0.2) is 4.98 Å². The van der Waals surface area contributed by atoms with Crippen LogP contribution in [0.2, 0.25) is 5.02 Å². The molecule has 0 saturated heterocycles. The van der Waals surface area contributed by atoms with Crippen LogP contribution in [0.3, 0.4) is 0 Å². The molecule has 1 aliphatic carbocycles. The summed E-state index contributed by atoms with van der Waals surface area (Å²) < 4.78 is 8.01. The van der Waals surface area contributed by atoms with Crippen molar-refractivity contribution in [3.05, 3.63) is 58.9 Å². The molecule has 27 heavy (non-hydrogen) atoms. The Bertz CT molecular complexity index is 979. The third-order valence-corrected chi connectivity index (χ3v) is 5.24. The highest BCUT2D eigenvalue weighted by atomic mass is 35.5. The number of fused-ring (bicyclic) bond motifs is 1. The Hall–Kier alpha value is -2.53. The molecule has 3 aromatic rings. The first kappa shape index (κ1) is 17.9. The van der Waals surface area contributed by atoms with E-state index in [-0.39, 0.29) is 11.8 Å². The van der Waals surface area contributed by atoms with E-state index in [0.717, 1.165) is 46.0 Å². The van der Waals surface area contributed by atoms with Crippen LogP contribution in [0.1, 0.15) is 24.2 Å².